The van der Waals surface area contributed by atoms with E-state index in [2.05, 4.69) is 25.7 Å². The van der Waals surface area contributed by atoms with Gasteiger partial charge in [0.1, 0.15) is 0 Å². The predicted molar refractivity (Wildman–Crippen MR) is 68.5 cm³/mol. The Balaban J connectivity index is 2.58. The summed E-state index contributed by atoms with van der Waals surface area (Å²) < 4.78 is 5.45. The first-order valence-electron chi connectivity index (χ1n) is 6.69. The van der Waals surface area contributed by atoms with Crippen LogP contribution >= 0.6 is 0 Å². The summed E-state index contributed by atoms with van der Waals surface area (Å²) in [6.07, 6.45) is 3.46. The molecule has 3 nitrogen and oxygen atoms in total. The molecule has 0 spiro atoms. The van der Waals surface area contributed by atoms with Crippen LogP contribution in [0.5, 0.6) is 0 Å². The Labute approximate surface area is 100 Å². The van der Waals surface area contributed by atoms with Crippen molar-refractivity contribution in [3.63, 3.8) is 0 Å². The molecule has 1 atom stereocenters. The van der Waals surface area contributed by atoms with E-state index in [1.807, 2.05) is 0 Å². The minimum atomic E-state index is 0.303. The van der Waals surface area contributed by atoms with Crippen molar-refractivity contribution in [3.05, 3.63) is 0 Å². The van der Waals surface area contributed by atoms with E-state index in [0.29, 0.717) is 11.5 Å². The third kappa shape index (κ3) is 3.44. The van der Waals surface area contributed by atoms with Crippen LogP contribution in [-0.2, 0) is 4.74 Å². The van der Waals surface area contributed by atoms with Crippen LogP contribution in [0.2, 0.25) is 0 Å². The molecule has 1 heterocycles. The summed E-state index contributed by atoms with van der Waals surface area (Å²) in [5.41, 5.74) is 6.30. The molecular formula is C13H28N2O. The highest BCUT2D eigenvalue weighted by atomic mass is 16.5. The highest BCUT2D eigenvalue weighted by molar-refractivity contribution is 4.87. The SMILES string of the molecule is CCC(C)N(CC)CC1(CN)CCOCC1. The van der Waals surface area contributed by atoms with E-state index in [0.717, 1.165) is 45.7 Å². The number of hydrogen-bond donors (Lipinski definition) is 1. The molecule has 1 aliphatic heterocycles. The Hall–Kier alpha value is -0.120. The Bertz CT molecular complexity index is 190. The molecule has 1 saturated heterocycles. The Morgan fingerprint density at radius 2 is 1.94 bits per heavy atom. The standard InChI is InChI=1S/C13H28N2O/c1-4-12(3)15(5-2)11-13(10-14)6-8-16-9-7-13/h12H,4-11,14H2,1-3H3. The maximum Gasteiger partial charge on any atom is 0.0472 e. The van der Waals surface area contributed by atoms with E-state index in [9.17, 15) is 0 Å². The van der Waals surface area contributed by atoms with E-state index in [1.165, 1.54) is 6.42 Å². The molecular weight excluding hydrogens is 200 g/mol. The number of hydrogen-bond acceptors (Lipinski definition) is 3. The van der Waals surface area contributed by atoms with Crippen molar-refractivity contribution in [1.29, 1.82) is 0 Å². The fraction of sp³-hybridized carbons (Fsp3) is 1.00. The van der Waals surface area contributed by atoms with Gasteiger partial charge >= 0.3 is 0 Å². The second-order valence-corrected chi connectivity index (χ2v) is 5.14. The number of nitrogens with two attached hydrogens (primary N) is 1. The lowest BCUT2D eigenvalue weighted by atomic mass is 9.79. The van der Waals surface area contributed by atoms with Gasteiger partial charge in [-0.3, -0.25) is 0 Å². The van der Waals surface area contributed by atoms with Gasteiger partial charge in [0.05, 0.1) is 0 Å². The largest absolute Gasteiger partial charge is 0.381 e. The monoisotopic (exact) mass is 228 g/mol. The highest BCUT2D eigenvalue weighted by Gasteiger charge is 2.33. The summed E-state index contributed by atoms with van der Waals surface area (Å²) in [4.78, 5) is 2.57. The lowest BCUT2D eigenvalue weighted by Crippen LogP contribution is -2.48. The molecule has 0 saturated carbocycles. The zero-order valence-electron chi connectivity index (χ0n) is 11.2. The molecule has 0 bridgehead atoms. The van der Waals surface area contributed by atoms with Crippen molar-refractivity contribution >= 4 is 0 Å². The van der Waals surface area contributed by atoms with Gasteiger partial charge in [-0.2, -0.15) is 0 Å². The zero-order chi connectivity index (χ0) is 12.0. The van der Waals surface area contributed by atoms with Gasteiger partial charge in [0.15, 0.2) is 0 Å². The van der Waals surface area contributed by atoms with E-state index in [4.69, 9.17) is 10.5 Å². The quantitative estimate of drug-likeness (QED) is 0.754. The molecule has 2 N–H and O–H groups in total. The summed E-state index contributed by atoms with van der Waals surface area (Å²) in [7, 11) is 0. The maximum absolute atomic E-state index is 6.00. The van der Waals surface area contributed by atoms with Crippen LogP contribution in [0.15, 0.2) is 0 Å². The first kappa shape index (κ1) is 13.9. The van der Waals surface area contributed by atoms with Crippen LogP contribution in [0.4, 0.5) is 0 Å². The molecule has 1 aliphatic rings. The molecule has 16 heavy (non-hydrogen) atoms. The first-order valence-corrected chi connectivity index (χ1v) is 6.69. The molecule has 96 valence electrons. The van der Waals surface area contributed by atoms with Gasteiger partial charge in [-0.1, -0.05) is 13.8 Å². The van der Waals surface area contributed by atoms with Gasteiger partial charge < -0.3 is 15.4 Å². The van der Waals surface area contributed by atoms with Gasteiger partial charge in [-0.15, -0.1) is 0 Å². The molecule has 0 aromatic rings. The molecule has 0 aliphatic carbocycles. The Morgan fingerprint density at radius 3 is 2.38 bits per heavy atom. The molecule has 0 radical (unpaired) electrons. The number of ether oxygens (including phenoxy) is 1. The second-order valence-electron chi connectivity index (χ2n) is 5.14. The number of nitrogens with zero attached hydrogens (tertiary/aromatic N) is 1. The lowest BCUT2D eigenvalue weighted by molar-refractivity contribution is -0.00574. The van der Waals surface area contributed by atoms with Crippen molar-refractivity contribution in [1.82, 2.24) is 4.90 Å². The smallest absolute Gasteiger partial charge is 0.0472 e. The Morgan fingerprint density at radius 1 is 1.31 bits per heavy atom. The van der Waals surface area contributed by atoms with Gasteiger partial charge in [0.25, 0.3) is 0 Å². The average molecular weight is 228 g/mol. The summed E-state index contributed by atoms with van der Waals surface area (Å²) in [5.74, 6) is 0. The lowest BCUT2D eigenvalue weighted by Gasteiger charge is -2.41. The number of rotatable bonds is 6. The van der Waals surface area contributed by atoms with Gasteiger partial charge in [0, 0.05) is 25.8 Å². The molecule has 3 heteroatoms. The molecule has 1 rings (SSSR count). The van der Waals surface area contributed by atoms with E-state index in [-0.39, 0.29) is 0 Å². The van der Waals surface area contributed by atoms with Crippen LogP contribution in [0.25, 0.3) is 0 Å². The fourth-order valence-electron chi connectivity index (χ4n) is 2.50. The maximum atomic E-state index is 6.00. The van der Waals surface area contributed by atoms with Gasteiger partial charge in [-0.05, 0) is 44.7 Å². The van der Waals surface area contributed by atoms with Crippen LogP contribution < -0.4 is 5.73 Å². The van der Waals surface area contributed by atoms with Crippen LogP contribution in [0, 0.1) is 5.41 Å². The fourth-order valence-corrected chi connectivity index (χ4v) is 2.50. The summed E-state index contributed by atoms with van der Waals surface area (Å²) in [6, 6.07) is 0.663. The third-order valence-electron chi connectivity index (χ3n) is 4.15. The average Bonchev–Trinajstić information content (AvgIpc) is 2.36. The molecule has 0 amide bonds. The van der Waals surface area contributed by atoms with E-state index >= 15 is 0 Å². The van der Waals surface area contributed by atoms with Crippen molar-refractivity contribution in [2.24, 2.45) is 11.1 Å². The minimum Gasteiger partial charge on any atom is -0.381 e. The molecule has 0 aromatic heterocycles. The van der Waals surface area contributed by atoms with Crippen molar-refractivity contribution in [3.8, 4) is 0 Å². The van der Waals surface area contributed by atoms with E-state index < -0.39 is 0 Å². The van der Waals surface area contributed by atoms with Crippen molar-refractivity contribution < 1.29 is 4.74 Å². The third-order valence-corrected chi connectivity index (χ3v) is 4.15. The summed E-state index contributed by atoms with van der Waals surface area (Å²) >= 11 is 0. The second kappa shape index (κ2) is 6.58. The minimum absolute atomic E-state index is 0.303. The zero-order valence-corrected chi connectivity index (χ0v) is 11.2. The molecule has 1 fully saturated rings. The predicted octanol–water partition coefficient (Wildman–Crippen LogP) is 1.86. The first-order chi connectivity index (χ1) is 7.67. The molecule has 0 aromatic carbocycles. The van der Waals surface area contributed by atoms with Crippen LogP contribution in [-0.4, -0.2) is 43.8 Å². The highest BCUT2D eigenvalue weighted by Crippen LogP contribution is 2.31. The normalized spacial score (nSPS) is 22.3. The van der Waals surface area contributed by atoms with Crippen LogP contribution in [0.1, 0.15) is 40.0 Å². The summed E-state index contributed by atoms with van der Waals surface area (Å²) in [6.45, 7) is 11.6. The topological polar surface area (TPSA) is 38.5 Å². The summed E-state index contributed by atoms with van der Waals surface area (Å²) in [5, 5.41) is 0. The Kier molecular flexibility index (Phi) is 5.73. The molecule has 1 unspecified atom stereocenters. The van der Waals surface area contributed by atoms with E-state index in [1.54, 1.807) is 0 Å². The van der Waals surface area contributed by atoms with Gasteiger partial charge in [-0.25, -0.2) is 0 Å². The van der Waals surface area contributed by atoms with Crippen LogP contribution in [0.3, 0.4) is 0 Å². The van der Waals surface area contributed by atoms with Gasteiger partial charge in [0.2, 0.25) is 0 Å². The van der Waals surface area contributed by atoms with Crippen molar-refractivity contribution in [2.45, 2.75) is 46.1 Å². The van der Waals surface area contributed by atoms with Crippen molar-refractivity contribution in [2.75, 3.05) is 32.8 Å².